The summed E-state index contributed by atoms with van der Waals surface area (Å²) in [6.45, 7) is 4.13. The molecular formula is C16H16N4. The molecule has 0 saturated heterocycles. The second kappa shape index (κ2) is 4.81. The van der Waals surface area contributed by atoms with Crippen LogP contribution in [-0.2, 0) is 0 Å². The van der Waals surface area contributed by atoms with Crippen molar-refractivity contribution in [1.82, 2.24) is 14.8 Å². The highest BCUT2D eigenvalue weighted by Gasteiger charge is 2.12. The van der Waals surface area contributed by atoms with Crippen LogP contribution >= 0.6 is 0 Å². The van der Waals surface area contributed by atoms with E-state index in [9.17, 15) is 0 Å². The van der Waals surface area contributed by atoms with Gasteiger partial charge >= 0.3 is 0 Å². The quantitative estimate of drug-likeness (QED) is 0.773. The number of pyridine rings is 1. The van der Waals surface area contributed by atoms with E-state index in [1.54, 1.807) is 17.1 Å². The highest BCUT2D eigenvalue weighted by molar-refractivity contribution is 5.75. The molecule has 0 atom stereocenters. The van der Waals surface area contributed by atoms with Crippen molar-refractivity contribution < 1.29 is 0 Å². The molecule has 3 aromatic rings. The minimum absolute atomic E-state index is 0.657. The summed E-state index contributed by atoms with van der Waals surface area (Å²) in [5, 5.41) is 4.58. The van der Waals surface area contributed by atoms with E-state index in [0.29, 0.717) is 5.69 Å². The summed E-state index contributed by atoms with van der Waals surface area (Å²) >= 11 is 0. The first-order chi connectivity index (χ1) is 9.65. The first-order valence-corrected chi connectivity index (χ1v) is 6.49. The average Bonchev–Trinajstić information content (AvgIpc) is 2.84. The zero-order valence-electron chi connectivity index (χ0n) is 11.5. The third kappa shape index (κ3) is 2.16. The standard InChI is InChI=1S/C16H16N4/c1-11-6-7-12(2)13(9-11)16-14(17)10-20(19-16)15-5-3-4-8-18-15/h3-10H,17H2,1-2H3. The fraction of sp³-hybridized carbons (Fsp3) is 0.125. The first kappa shape index (κ1) is 12.4. The number of benzene rings is 1. The van der Waals surface area contributed by atoms with Crippen molar-refractivity contribution in [2.24, 2.45) is 0 Å². The van der Waals surface area contributed by atoms with Crippen LogP contribution in [0.5, 0.6) is 0 Å². The maximum Gasteiger partial charge on any atom is 0.153 e. The van der Waals surface area contributed by atoms with Gasteiger partial charge < -0.3 is 5.73 Å². The minimum atomic E-state index is 0.657. The molecule has 4 nitrogen and oxygen atoms in total. The number of hydrogen-bond donors (Lipinski definition) is 1. The molecule has 3 rings (SSSR count). The second-order valence-corrected chi connectivity index (χ2v) is 4.88. The number of anilines is 1. The summed E-state index contributed by atoms with van der Waals surface area (Å²) in [4.78, 5) is 4.28. The summed E-state index contributed by atoms with van der Waals surface area (Å²) in [6, 6.07) is 12.0. The van der Waals surface area contributed by atoms with Crippen molar-refractivity contribution in [2.75, 3.05) is 5.73 Å². The lowest BCUT2D eigenvalue weighted by Crippen LogP contribution is -1.97. The van der Waals surface area contributed by atoms with Gasteiger partial charge in [-0.1, -0.05) is 23.8 Å². The Morgan fingerprint density at radius 2 is 1.95 bits per heavy atom. The van der Waals surface area contributed by atoms with Crippen molar-refractivity contribution in [2.45, 2.75) is 13.8 Å². The highest BCUT2D eigenvalue weighted by Crippen LogP contribution is 2.28. The Hall–Kier alpha value is -2.62. The van der Waals surface area contributed by atoms with E-state index in [0.717, 1.165) is 22.6 Å². The molecule has 0 spiro atoms. The van der Waals surface area contributed by atoms with Crippen molar-refractivity contribution >= 4 is 5.69 Å². The monoisotopic (exact) mass is 264 g/mol. The van der Waals surface area contributed by atoms with Crippen LogP contribution in [0.1, 0.15) is 11.1 Å². The van der Waals surface area contributed by atoms with Gasteiger partial charge in [0.2, 0.25) is 0 Å². The van der Waals surface area contributed by atoms with Crippen LogP contribution in [0.3, 0.4) is 0 Å². The summed E-state index contributed by atoms with van der Waals surface area (Å²) in [5.41, 5.74) is 11.0. The molecule has 100 valence electrons. The van der Waals surface area contributed by atoms with E-state index >= 15 is 0 Å². The van der Waals surface area contributed by atoms with E-state index in [-0.39, 0.29) is 0 Å². The third-order valence-electron chi connectivity index (χ3n) is 3.27. The van der Waals surface area contributed by atoms with Crippen LogP contribution in [0.25, 0.3) is 17.1 Å². The van der Waals surface area contributed by atoms with Crippen LogP contribution in [0.4, 0.5) is 5.69 Å². The fourth-order valence-electron chi connectivity index (χ4n) is 2.19. The molecule has 20 heavy (non-hydrogen) atoms. The molecule has 2 N–H and O–H groups in total. The molecular weight excluding hydrogens is 248 g/mol. The van der Waals surface area contributed by atoms with Gasteiger partial charge in [-0.2, -0.15) is 5.10 Å². The van der Waals surface area contributed by atoms with E-state index in [4.69, 9.17) is 5.73 Å². The van der Waals surface area contributed by atoms with E-state index in [2.05, 4.69) is 42.1 Å². The Bertz CT molecular complexity index is 744. The SMILES string of the molecule is Cc1ccc(C)c(-c2nn(-c3ccccn3)cc2N)c1. The lowest BCUT2D eigenvalue weighted by Gasteiger charge is -2.05. The van der Waals surface area contributed by atoms with Crippen LogP contribution in [-0.4, -0.2) is 14.8 Å². The zero-order valence-corrected chi connectivity index (χ0v) is 11.5. The van der Waals surface area contributed by atoms with Gasteiger partial charge in [0.05, 0.1) is 11.9 Å². The summed E-state index contributed by atoms with van der Waals surface area (Å²) in [5.74, 6) is 0.760. The predicted octanol–water partition coefficient (Wildman–Crippen LogP) is 3.13. The maximum absolute atomic E-state index is 6.12. The largest absolute Gasteiger partial charge is 0.396 e. The molecule has 4 heteroatoms. The normalized spacial score (nSPS) is 10.7. The van der Waals surface area contributed by atoms with Gasteiger partial charge in [-0.15, -0.1) is 0 Å². The maximum atomic E-state index is 6.12. The summed E-state index contributed by atoms with van der Waals surface area (Å²) in [7, 11) is 0. The van der Waals surface area contributed by atoms with Gasteiger partial charge in [0.1, 0.15) is 5.69 Å². The molecule has 0 aliphatic heterocycles. The molecule has 2 aromatic heterocycles. The molecule has 0 aliphatic rings. The smallest absolute Gasteiger partial charge is 0.153 e. The Morgan fingerprint density at radius 1 is 1.10 bits per heavy atom. The Kier molecular flexibility index (Phi) is 2.99. The van der Waals surface area contributed by atoms with Gasteiger partial charge in [-0.25, -0.2) is 9.67 Å². The number of nitrogens with two attached hydrogens (primary N) is 1. The van der Waals surface area contributed by atoms with Gasteiger partial charge in [0.25, 0.3) is 0 Å². The van der Waals surface area contributed by atoms with Crippen LogP contribution in [0.15, 0.2) is 48.8 Å². The number of rotatable bonds is 2. The van der Waals surface area contributed by atoms with Crippen molar-refractivity contribution in [3.63, 3.8) is 0 Å². The molecule has 0 saturated carbocycles. The van der Waals surface area contributed by atoms with E-state index in [1.165, 1.54) is 5.56 Å². The molecule has 0 unspecified atom stereocenters. The Labute approximate surface area is 117 Å². The highest BCUT2D eigenvalue weighted by atomic mass is 15.3. The second-order valence-electron chi connectivity index (χ2n) is 4.88. The number of aryl methyl sites for hydroxylation is 2. The van der Waals surface area contributed by atoms with Crippen molar-refractivity contribution in [3.8, 4) is 17.1 Å². The van der Waals surface area contributed by atoms with Crippen molar-refractivity contribution in [1.29, 1.82) is 0 Å². The Balaban J connectivity index is 2.12. The number of nitrogens with zero attached hydrogens (tertiary/aromatic N) is 3. The van der Waals surface area contributed by atoms with Gasteiger partial charge in [0, 0.05) is 11.8 Å². The molecule has 0 fully saturated rings. The number of nitrogen functional groups attached to an aromatic ring is 1. The van der Waals surface area contributed by atoms with E-state index in [1.807, 2.05) is 18.2 Å². The van der Waals surface area contributed by atoms with Crippen molar-refractivity contribution in [3.05, 3.63) is 59.9 Å². The first-order valence-electron chi connectivity index (χ1n) is 6.49. The van der Waals surface area contributed by atoms with Gasteiger partial charge in [0.15, 0.2) is 5.82 Å². The topological polar surface area (TPSA) is 56.7 Å². The zero-order chi connectivity index (χ0) is 14.1. The average molecular weight is 264 g/mol. The fourth-order valence-corrected chi connectivity index (χ4v) is 2.19. The minimum Gasteiger partial charge on any atom is -0.396 e. The molecule has 0 aliphatic carbocycles. The third-order valence-corrected chi connectivity index (χ3v) is 3.27. The van der Waals surface area contributed by atoms with E-state index < -0.39 is 0 Å². The molecule has 2 heterocycles. The number of hydrogen-bond acceptors (Lipinski definition) is 3. The lowest BCUT2D eigenvalue weighted by atomic mass is 10.0. The summed E-state index contributed by atoms with van der Waals surface area (Å²) < 4.78 is 1.71. The molecule has 0 bridgehead atoms. The molecule has 0 amide bonds. The lowest BCUT2D eigenvalue weighted by molar-refractivity contribution is 0.850. The van der Waals surface area contributed by atoms with Crippen LogP contribution < -0.4 is 5.73 Å². The molecule has 1 aromatic carbocycles. The van der Waals surface area contributed by atoms with Crippen LogP contribution in [0, 0.1) is 13.8 Å². The van der Waals surface area contributed by atoms with Gasteiger partial charge in [-0.05, 0) is 37.6 Å². The van der Waals surface area contributed by atoms with Gasteiger partial charge in [-0.3, -0.25) is 0 Å². The number of aromatic nitrogens is 3. The predicted molar refractivity (Wildman–Crippen MR) is 80.7 cm³/mol. The summed E-state index contributed by atoms with van der Waals surface area (Å²) in [6.07, 6.45) is 3.55. The molecule has 0 radical (unpaired) electrons. The van der Waals surface area contributed by atoms with Crippen LogP contribution in [0.2, 0.25) is 0 Å². The Morgan fingerprint density at radius 3 is 2.70 bits per heavy atom.